The number of benzene rings is 1. The van der Waals surface area contributed by atoms with E-state index in [0.717, 1.165) is 22.6 Å². The maximum atomic E-state index is 6.65. The zero-order valence-corrected chi connectivity index (χ0v) is 13.6. The van der Waals surface area contributed by atoms with Crippen molar-refractivity contribution in [1.82, 2.24) is 0 Å². The number of halogens is 1. The lowest BCUT2D eigenvalue weighted by Gasteiger charge is -2.18. The first kappa shape index (κ1) is 15.6. The van der Waals surface area contributed by atoms with E-state index in [4.69, 9.17) is 30.2 Å². The molecule has 114 valence electrons. The average molecular weight is 311 g/mol. The van der Waals surface area contributed by atoms with Gasteiger partial charge in [0.2, 0.25) is 0 Å². The molecule has 0 radical (unpaired) electrons. The maximum absolute atomic E-state index is 6.65. The lowest BCUT2D eigenvalue weighted by Crippen LogP contribution is -2.02. The number of alkyl halides is 1. The molecule has 1 aromatic heterocycles. The Morgan fingerprint density at radius 3 is 1.90 bits per heavy atom. The third-order valence-electron chi connectivity index (χ3n) is 3.36. The highest BCUT2D eigenvalue weighted by atomic mass is 35.5. The van der Waals surface area contributed by atoms with E-state index in [1.807, 2.05) is 19.9 Å². The second kappa shape index (κ2) is 6.31. The first-order valence-corrected chi connectivity index (χ1v) is 6.96. The fraction of sp³-hybridized carbons (Fsp3) is 0.375. The minimum Gasteiger partial charge on any atom is -0.496 e. The van der Waals surface area contributed by atoms with E-state index >= 15 is 0 Å². The van der Waals surface area contributed by atoms with Crippen molar-refractivity contribution in [3.8, 4) is 17.2 Å². The summed E-state index contributed by atoms with van der Waals surface area (Å²) in [5.74, 6) is 3.48. The Bertz CT molecular complexity index is 608. The van der Waals surface area contributed by atoms with Crippen molar-refractivity contribution in [2.24, 2.45) is 0 Å². The SMILES string of the molecule is COc1cc(OC)c(C(Cl)c2cc(C)oc2C)c(OC)c1. The van der Waals surface area contributed by atoms with Gasteiger partial charge in [-0.3, -0.25) is 0 Å². The van der Waals surface area contributed by atoms with Crippen LogP contribution >= 0.6 is 11.6 Å². The Hall–Kier alpha value is -1.81. The molecule has 0 spiro atoms. The van der Waals surface area contributed by atoms with Crippen LogP contribution in [0.25, 0.3) is 0 Å². The molecular formula is C16H19ClO4. The smallest absolute Gasteiger partial charge is 0.131 e. The van der Waals surface area contributed by atoms with Gasteiger partial charge in [0.15, 0.2) is 0 Å². The number of rotatable bonds is 5. The molecule has 5 heteroatoms. The molecule has 0 saturated carbocycles. The summed E-state index contributed by atoms with van der Waals surface area (Å²) < 4.78 is 21.7. The molecule has 0 N–H and O–H groups in total. The summed E-state index contributed by atoms with van der Waals surface area (Å²) >= 11 is 6.65. The van der Waals surface area contributed by atoms with Crippen LogP contribution in [-0.4, -0.2) is 21.3 Å². The van der Waals surface area contributed by atoms with Gasteiger partial charge in [0.05, 0.1) is 32.3 Å². The minimum atomic E-state index is -0.432. The molecule has 1 atom stereocenters. The lowest BCUT2D eigenvalue weighted by atomic mass is 10.0. The van der Waals surface area contributed by atoms with E-state index in [1.54, 1.807) is 33.5 Å². The number of hydrogen-bond donors (Lipinski definition) is 0. The third-order valence-corrected chi connectivity index (χ3v) is 3.81. The van der Waals surface area contributed by atoms with E-state index in [9.17, 15) is 0 Å². The summed E-state index contributed by atoms with van der Waals surface area (Å²) in [5.41, 5.74) is 1.65. The molecule has 0 aliphatic rings. The molecule has 1 aromatic carbocycles. The lowest BCUT2D eigenvalue weighted by molar-refractivity contribution is 0.369. The second-order valence-corrected chi connectivity index (χ2v) is 5.11. The maximum Gasteiger partial charge on any atom is 0.131 e. The summed E-state index contributed by atoms with van der Waals surface area (Å²) in [7, 11) is 4.78. The monoisotopic (exact) mass is 310 g/mol. The number of furan rings is 1. The van der Waals surface area contributed by atoms with E-state index in [1.165, 1.54) is 0 Å². The van der Waals surface area contributed by atoms with Crippen LogP contribution in [0.1, 0.15) is 28.0 Å². The molecule has 2 aromatic rings. The van der Waals surface area contributed by atoms with E-state index in [2.05, 4.69) is 0 Å². The molecule has 21 heavy (non-hydrogen) atoms. The van der Waals surface area contributed by atoms with Crippen LogP contribution in [0.3, 0.4) is 0 Å². The van der Waals surface area contributed by atoms with Crippen molar-refractivity contribution >= 4 is 11.6 Å². The summed E-state index contributed by atoms with van der Waals surface area (Å²) in [6.07, 6.45) is 0. The molecule has 0 saturated heterocycles. The minimum absolute atomic E-state index is 0.432. The zero-order chi connectivity index (χ0) is 15.6. The van der Waals surface area contributed by atoms with Gasteiger partial charge in [-0.15, -0.1) is 11.6 Å². The molecule has 1 unspecified atom stereocenters. The van der Waals surface area contributed by atoms with Crippen LogP contribution in [0.4, 0.5) is 0 Å². The van der Waals surface area contributed by atoms with Crippen LogP contribution in [0.15, 0.2) is 22.6 Å². The first-order chi connectivity index (χ1) is 10.0. The predicted octanol–water partition coefficient (Wildman–Crippen LogP) is 4.25. The molecule has 0 fully saturated rings. The van der Waals surface area contributed by atoms with Gasteiger partial charge in [0.1, 0.15) is 28.8 Å². The van der Waals surface area contributed by atoms with Gasteiger partial charge in [-0.2, -0.15) is 0 Å². The van der Waals surface area contributed by atoms with Crippen LogP contribution in [0, 0.1) is 13.8 Å². The Labute approximate surface area is 129 Å². The summed E-state index contributed by atoms with van der Waals surface area (Å²) in [5, 5.41) is -0.432. The molecule has 0 amide bonds. The molecule has 0 bridgehead atoms. The standard InChI is InChI=1S/C16H19ClO4/c1-9-6-12(10(2)21-9)16(17)15-13(19-4)7-11(18-3)8-14(15)20-5/h6-8,16H,1-5H3. The number of ether oxygens (including phenoxy) is 3. The Morgan fingerprint density at radius 2 is 1.52 bits per heavy atom. The van der Waals surface area contributed by atoms with Crippen LogP contribution in [-0.2, 0) is 0 Å². The van der Waals surface area contributed by atoms with Crippen LogP contribution in [0.5, 0.6) is 17.2 Å². The topological polar surface area (TPSA) is 40.8 Å². The van der Waals surface area contributed by atoms with Gasteiger partial charge in [-0.1, -0.05) is 0 Å². The van der Waals surface area contributed by atoms with Gasteiger partial charge in [-0.25, -0.2) is 0 Å². The summed E-state index contributed by atoms with van der Waals surface area (Å²) in [6, 6.07) is 5.50. The Kier molecular flexibility index (Phi) is 4.68. The number of aryl methyl sites for hydroxylation is 2. The van der Waals surface area contributed by atoms with Gasteiger partial charge in [0.25, 0.3) is 0 Å². The fourth-order valence-corrected chi connectivity index (χ4v) is 2.77. The first-order valence-electron chi connectivity index (χ1n) is 6.52. The quantitative estimate of drug-likeness (QED) is 0.774. The third kappa shape index (κ3) is 2.95. The van der Waals surface area contributed by atoms with Crippen LogP contribution < -0.4 is 14.2 Å². The molecular weight excluding hydrogens is 292 g/mol. The van der Waals surface area contributed by atoms with Crippen molar-refractivity contribution in [3.63, 3.8) is 0 Å². The van der Waals surface area contributed by atoms with Crippen molar-refractivity contribution < 1.29 is 18.6 Å². The van der Waals surface area contributed by atoms with Gasteiger partial charge < -0.3 is 18.6 Å². The second-order valence-electron chi connectivity index (χ2n) is 4.68. The van der Waals surface area contributed by atoms with Crippen LogP contribution in [0.2, 0.25) is 0 Å². The molecule has 4 nitrogen and oxygen atoms in total. The highest BCUT2D eigenvalue weighted by Gasteiger charge is 2.25. The van der Waals surface area contributed by atoms with Gasteiger partial charge >= 0.3 is 0 Å². The highest BCUT2D eigenvalue weighted by Crippen LogP contribution is 2.44. The largest absolute Gasteiger partial charge is 0.496 e. The van der Waals surface area contributed by atoms with Crippen molar-refractivity contribution in [2.45, 2.75) is 19.2 Å². The number of methoxy groups -OCH3 is 3. The molecule has 0 aliphatic carbocycles. The molecule has 1 heterocycles. The number of hydrogen-bond acceptors (Lipinski definition) is 4. The summed E-state index contributed by atoms with van der Waals surface area (Å²) in [6.45, 7) is 3.78. The van der Waals surface area contributed by atoms with E-state index in [-0.39, 0.29) is 0 Å². The normalized spacial score (nSPS) is 12.1. The van der Waals surface area contributed by atoms with Crippen molar-refractivity contribution in [2.75, 3.05) is 21.3 Å². The predicted molar refractivity (Wildman–Crippen MR) is 82.0 cm³/mol. The van der Waals surface area contributed by atoms with E-state index in [0.29, 0.717) is 17.2 Å². The average Bonchev–Trinajstić information content (AvgIpc) is 2.83. The van der Waals surface area contributed by atoms with Gasteiger partial charge in [0, 0.05) is 17.7 Å². The summed E-state index contributed by atoms with van der Waals surface area (Å²) in [4.78, 5) is 0. The Morgan fingerprint density at radius 1 is 0.952 bits per heavy atom. The van der Waals surface area contributed by atoms with Crippen molar-refractivity contribution in [3.05, 3.63) is 40.8 Å². The molecule has 0 aliphatic heterocycles. The molecule has 2 rings (SSSR count). The fourth-order valence-electron chi connectivity index (χ4n) is 2.34. The zero-order valence-electron chi connectivity index (χ0n) is 12.8. The Balaban J connectivity index is 2.58. The van der Waals surface area contributed by atoms with Crippen molar-refractivity contribution in [1.29, 1.82) is 0 Å². The van der Waals surface area contributed by atoms with E-state index < -0.39 is 5.38 Å². The highest BCUT2D eigenvalue weighted by molar-refractivity contribution is 6.23. The van der Waals surface area contributed by atoms with Gasteiger partial charge in [-0.05, 0) is 19.9 Å².